The number of thiazole rings is 1. The fourth-order valence-electron chi connectivity index (χ4n) is 4.56. The van der Waals surface area contributed by atoms with Crippen LogP contribution in [0.4, 0.5) is 5.13 Å². The Morgan fingerprint density at radius 1 is 1.22 bits per heavy atom. The Hall–Kier alpha value is -4.49. The lowest BCUT2D eigenvalue weighted by Crippen LogP contribution is -2.49. The third-order valence-electron chi connectivity index (χ3n) is 7.20. The number of nitrogens with one attached hydrogen (secondary N) is 3. The predicted molar refractivity (Wildman–Crippen MR) is 205 cm³/mol. The minimum atomic E-state index is -4.77. The summed E-state index contributed by atoms with van der Waals surface area (Å²) in [6.45, 7) is 1.62. The molecule has 0 saturated carbocycles. The number of thioether (sulfide) groups is 2. The van der Waals surface area contributed by atoms with Crippen molar-refractivity contribution in [2.45, 2.75) is 41.9 Å². The predicted octanol–water partition coefficient (Wildman–Crippen LogP) is 0.681. The van der Waals surface area contributed by atoms with Crippen molar-refractivity contribution in [3.63, 3.8) is 0 Å². The highest BCUT2D eigenvalue weighted by molar-refractivity contribution is 8.07. The normalized spacial score (nSPS) is 16.2. The number of aryl methyl sites for hydroxylation is 1. The van der Waals surface area contributed by atoms with Crippen LogP contribution in [0.3, 0.4) is 0 Å². The van der Waals surface area contributed by atoms with Gasteiger partial charge in [0, 0.05) is 58.2 Å². The van der Waals surface area contributed by atoms with E-state index in [1.165, 1.54) is 11.3 Å². The molecule has 1 aliphatic heterocycles. The Morgan fingerprint density at radius 2 is 1.95 bits per heavy atom. The fraction of sp³-hybridized carbons (Fsp3) is 0.379. The zero-order valence-corrected chi connectivity index (χ0v) is 33.2. The molecule has 4 heterocycles. The second-order valence-electron chi connectivity index (χ2n) is 11.3. The molecular formula is C29H37N11O10PS4+. The lowest BCUT2D eigenvalue weighted by molar-refractivity contribution is -0.671. The molecule has 0 saturated heterocycles. The van der Waals surface area contributed by atoms with E-state index in [-0.39, 0.29) is 54.4 Å². The van der Waals surface area contributed by atoms with E-state index in [9.17, 15) is 38.6 Å². The second kappa shape index (κ2) is 19.9. The van der Waals surface area contributed by atoms with Gasteiger partial charge in [0.15, 0.2) is 34.2 Å². The summed E-state index contributed by atoms with van der Waals surface area (Å²) in [6.07, 6.45) is 3.47. The number of nitrogens with zero attached hydrogens (tertiary/aromatic N) is 6. The lowest BCUT2D eigenvalue weighted by Gasteiger charge is -2.31. The van der Waals surface area contributed by atoms with Gasteiger partial charge in [0.1, 0.15) is 25.4 Å². The quantitative estimate of drug-likeness (QED) is 0.0200. The number of carboxylic acid groups (broad SMARTS) is 2. The maximum Gasteiger partial charge on any atom is 0.429 e. The summed E-state index contributed by atoms with van der Waals surface area (Å²) in [4.78, 5) is 87.9. The van der Waals surface area contributed by atoms with Crippen molar-refractivity contribution in [2.75, 3.05) is 24.0 Å². The van der Waals surface area contributed by atoms with Gasteiger partial charge in [-0.1, -0.05) is 16.9 Å². The first-order chi connectivity index (χ1) is 26.0. The summed E-state index contributed by atoms with van der Waals surface area (Å²) < 4.78 is 17.8. The van der Waals surface area contributed by atoms with E-state index < -0.39 is 60.8 Å². The van der Waals surface area contributed by atoms with Crippen molar-refractivity contribution in [1.82, 2.24) is 25.0 Å². The van der Waals surface area contributed by atoms with Gasteiger partial charge in [0.05, 0.1) is 17.0 Å². The molecule has 0 aliphatic carbocycles. The van der Waals surface area contributed by atoms with Gasteiger partial charge in [-0.05, 0) is 19.8 Å². The number of nitrogens with two attached hydrogens (primary N) is 2. The molecule has 3 aromatic rings. The molecule has 3 atom stereocenters. The van der Waals surface area contributed by atoms with Crippen molar-refractivity contribution in [3.05, 3.63) is 46.3 Å². The number of ketones is 1. The number of aliphatic imine (C=N–C) groups is 1. The van der Waals surface area contributed by atoms with E-state index >= 15 is 0 Å². The van der Waals surface area contributed by atoms with Crippen molar-refractivity contribution in [1.29, 1.82) is 0 Å². The van der Waals surface area contributed by atoms with Crippen molar-refractivity contribution >= 4 is 94.6 Å². The molecule has 0 fully saturated rings. The number of guanidine groups is 1. The molecule has 21 nitrogen and oxygen atoms in total. The number of hydrogen-bond donors (Lipinski definition) is 9. The average Bonchev–Trinajstić information content (AvgIpc) is 3.78. The molecule has 0 spiro atoms. The molecule has 4 rings (SSSR count). The third kappa shape index (κ3) is 13.1. The first-order valence-corrected chi connectivity index (χ1v) is 21.1. The van der Waals surface area contributed by atoms with Gasteiger partial charge in [0.25, 0.3) is 0 Å². The molecule has 26 heteroatoms. The van der Waals surface area contributed by atoms with Crippen LogP contribution in [0.2, 0.25) is 0 Å². The second-order valence-corrected chi connectivity index (χ2v) is 16.7. The van der Waals surface area contributed by atoms with E-state index in [0.717, 1.165) is 29.1 Å². The van der Waals surface area contributed by atoms with Crippen LogP contribution in [0.25, 0.3) is 11.3 Å². The maximum atomic E-state index is 13.8. The van der Waals surface area contributed by atoms with Crippen LogP contribution in [-0.2, 0) is 35.6 Å². The minimum Gasteiger partial charge on any atom is -0.480 e. The first-order valence-electron chi connectivity index (χ1n) is 16.0. The average molecular weight is 859 g/mol. The summed E-state index contributed by atoms with van der Waals surface area (Å²) in [6, 6.07) is 2.70. The highest BCUT2D eigenvalue weighted by Crippen LogP contribution is 2.40. The van der Waals surface area contributed by atoms with Crippen LogP contribution in [0.5, 0.6) is 0 Å². The molecule has 55 heavy (non-hydrogen) atoms. The summed E-state index contributed by atoms with van der Waals surface area (Å²) in [5, 5.41) is 30.7. The molecule has 0 bridgehead atoms. The van der Waals surface area contributed by atoms with Crippen LogP contribution < -0.4 is 31.8 Å². The molecule has 3 aromatic heterocycles. The van der Waals surface area contributed by atoms with Crippen LogP contribution in [0.15, 0.2) is 55.0 Å². The third-order valence-corrected chi connectivity index (χ3v) is 12.0. The highest BCUT2D eigenvalue weighted by atomic mass is 32.2. The molecule has 0 radical (unpaired) electrons. The van der Waals surface area contributed by atoms with Gasteiger partial charge in [-0.3, -0.25) is 29.8 Å². The zero-order valence-electron chi connectivity index (χ0n) is 29.0. The number of carboxylic acids is 2. The van der Waals surface area contributed by atoms with Gasteiger partial charge in [-0.15, -0.1) is 23.1 Å². The Labute approximate surface area is 329 Å². The van der Waals surface area contributed by atoms with E-state index in [4.69, 9.17) is 21.4 Å². The summed E-state index contributed by atoms with van der Waals surface area (Å²) in [7, 11) is -2.88. The van der Waals surface area contributed by atoms with Gasteiger partial charge >= 0.3 is 19.7 Å². The van der Waals surface area contributed by atoms with E-state index in [2.05, 4.69) is 35.1 Å². The Balaban J connectivity index is 1.60. The number of rotatable bonds is 19. The van der Waals surface area contributed by atoms with E-state index in [0.29, 0.717) is 26.5 Å². The number of oxime groups is 1. The Morgan fingerprint density at radius 3 is 2.60 bits per heavy atom. The number of pyridine rings is 1. The number of Topliss-reactive ketones (excluding diaryl/α,β-unsaturated/α-hetero) is 1. The van der Waals surface area contributed by atoms with Crippen molar-refractivity contribution in [3.8, 4) is 11.3 Å². The highest BCUT2D eigenvalue weighted by Gasteiger charge is 2.38. The van der Waals surface area contributed by atoms with Crippen molar-refractivity contribution in [2.24, 2.45) is 34.6 Å². The van der Waals surface area contributed by atoms with Gasteiger partial charge < -0.3 is 41.6 Å². The largest absolute Gasteiger partial charge is 0.480 e. The number of aliphatic carboxylic acids is 2. The topological polar surface area (TPSA) is 331 Å². The van der Waals surface area contributed by atoms with Crippen LogP contribution >= 0.6 is 54.1 Å². The van der Waals surface area contributed by atoms with Crippen molar-refractivity contribution < 1.29 is 53.1 Å². The molecular weight excluding hydrogens is 822 g/mol. The molecule has 1 amide bonds. The van der Waals surface area contributed by atoms with Gasteiger partial charge in [-0.25, -0.2) is 18.9 Å². The number of hydrogen-bond acceptors (Lipinski definition) is 17. The number of carbonyl (C=O) groups excluding carboxylic acids is 2. The number of amides is 1. The number of anilines is 1. The van der Waals surface area contributed by atoms with E-state index in [1.54, 1.807) is 6.92 Å². The molecule has 11 N–H and O–H groups in total. The Bertz CT molecular complexity index is 2020. The van der Waals surface area contributed by atoms with E-state index in [1.807, 2.05) is 46.6 Å². The van der Waals surface area contributed by atoms with Gasteiger partial charge in [-0.2, -0.15) is 9.36 Å². The summed E-state index contributed by atoms with van der Waals surface area (Å²) in [5.41, 5.74) is 12.4. The summed E-state index contributed by atoms with van der Waals surface area (Å²) >= 11 is 4.16. The zero-order chi connectivity index (χ0) is 40.3. The number of carbonyl (C=O) groups is 4. The first kappa shape index (κ1) is 43.2. The lowest BCUT2D eigenvalue weighted by atomic mass is 9.98. The summed E-state index contributed by atoms with van der Waals surface area (Å²) in [5.74, 6) is -6.08. The van der Waals surface area contributed by atoms with Crippen LogP contribution in [0, 0.1) is 5.92 Å². The smallest absolute Gasteiger partial charge is 0.429 e. The molecule has 0 unspecified atom stereocenters. The molecule has 0 aromatic carbocycles. The van der Waals surface area contributed by atoms with Crippen LogP contribution in [0.1, 0.15) is 32.0 Å². The standard InChI is InChI=1S/C29H36N11O10PS4/c1-3-50-37-20(22-35-28(55-39-22)38-51(47,48)49)18(41)11-15(23(42)36-27(31)32-8-4-5-16(30)25(43)44)24-34-21(26(45)46)19(13-52-24)54-29-33-17(12-53-29)14-6-9-40(2)10-7-14/h6-7,9-10,12,15-16,24,34H,3-5,8,11,13,30H2,1-2H3,(H7-,31,32,35,36,38,39,42,43,44,45,46,47,48,49)/p+1/b37-20+/t15-,16-,24-/m1/s1. The molecule has 1 aliphatic rings. The van der Waals surface area contributed by atoms with Gasteiger partial charge in [0.2, 0.25) is 16.9 Å². The Kier molecular flexibility index (Phi) is 15.6. The maximum absolute atomic E-state index is 13.8. The molecule has 296 valence electrons. The minimum absolute atomic E-state index is 0.0146. The monoisotopic (exact) mass is 858 g/mol. The fourth-order valence-corrected chi connectivity index (χ4v) is 9.16. The number of aromatic nitrogens is 4. The van der Waals surface area contributed by atoms with Crippen LogP contribution in [-0.4, -0.2) is 100.0 Å². The SMILES string of the molecule is CCO/N=C(\C(=O)C[C@H](C(=O)NC(N)=NCCC[C@@H](N)C(=O)O)[C@@H]1NC(C(=O)O)=C(Sc2nc(-c3cc[n+](C)cc3)cs2)CS1)c1nsc(NP(=O)(O)O)n1.